The van der Waals surface area contributed by atoms with Crippen LogP contribution in [-0.2, 0) is 0 Å². The van der Waals surface area contributed by atoms with Crippen molar-refractivity contribution in [3.8, 4) is 0 Å². The quantitative estimate of drug-likeness (QED) is 0.809. The first-order valence-corrected chi connectivity index (χ1v) is 8.37. The molecule has 1 aliphatic carbocycles. The third kappa shape index (κ3) is 4.46. The van der Waals surface area contributed by atoms with Gasteiger partial charge in [-0.2, -0.15) is 0 Å². The molecule has 1 saturated carbocycles. The molecule has 19 heavy (non-hydrogen) atoms. The lowest BCUT2D eigenvalue weighted by atomic mass is 9.84. The Hall–Kier alpha value is -0.610. The lowest BCUT2D eigenvalue weighted by Crippen LogP contribution is -2.42. The number of aromatic nitrogens is 2. The van der Waals surface area contributed by atoms with Crippen molar-refractivity contribution in [2.75, 3.05) is 6.54 Å². The van der Waals surface area contributed by atoms with Gasteiger partial charge in [0.25, 0.3) is 0 Å². The maximum absolute atomic E-state index is 4.36. The minimum Gasteiger partial charge on any atom is -0.313 e. The van der Waals surface area contributed by atoms with Crippen molar-refractivity contribution in [2.24, 2.45) is 5.92 Å². The van der Waals surface area contributed by atoms with Crippen molar-refractivity contribution in [1.82, 2.24) is 15.3 Å². The molecule has 0 spiro atoms. The first kappa shape index (κ1) is 14.8. The molecule has 3 unspecified atom stereocenters. The van der Waals surface area contributed by atoms with E-state index in [0.29, 0.717) is 11.3 Å². The topological polar surface area (TPSA) is 37.8 Å². The smallest absolute Gasteiger partial charge is 0.116 e. The first-order valence-electron chi connectivity index (χ1n) is 7.49. The van der Waals surface area contributed by atoms with Gasteiger partial charge in [0, 0.05) is 17.5 Å². The van der Waals surface area contributed by atoms with E-state index in [2.05, 4.69) is 29.1 Å². The van der Waals surface area contributed by atoms with Crippen molar-refractivity contribution >= 4 is 11.8 Å². The zero-order chi connectivity index (χ0) is 13.5. The van der Waals surface area contributed by atoms with Gasteiger partial charge in [0.1, 0.15) is 6.33 Å². The van der Waals surface area contributed by atoms with Crippen LogP contribution in [0.1, 0.15) is 46.0 Å². The van der Waals surface area contributed by atoms with Crippen LogP contribution in [0, 0.1) is 5.92 Å². The van der Waals surface area contributed by atoms with E-state index in [9.17, 15) is 0 Å². The Morgan fingerprint density at radius 3 is 2.95 bits per heavy atom. The third-order valence-electron chi connectivity index (χ3n) is 3.96. The van der Waals surface area contributed by atoms with Crippen LogP contribution in [0.5, 0.6) is 0 Å². The highest BCUT2D eigenvalue weighted by molar-refractivity contribution is 7.99. The van der Waals surface area contributed by atoms with Gasteiger partial charge in [0.05, 0.1) is 5.03 Å². The van der Waals surface area contributed by atoms with E-state index in [1.54, 1.807) is 6.33 Å². The molecule has 1 N–H and O–H groups in total. The molecule has 1 heterocycles. The normalized spacial score (nSPS) is 27.4. The van der Waals surface area contributed by atoms with E-state index in [1.807, 2.05) is 24.0 Å². The molecule has 0 radical (unpaired) electrons. The molecule has 1 aliphatic rings. The van der Waals surface area contributed by atoms with Gasteiger partial charge in [-0.3, -0.25) is 0 Å². The van der Waals surface area contributed by atoms with E-state index >= 15 is 0 Å². The lowest BCUT2D eigenvalue weighted by Gasteiger charge is -2.36. The molecule has 2 rings (SSSR count). The van der Waals surface area contributed by atoms with Gasteiger partial charge in [-0.25, -0.2) is 9.97 Å². The Morgan fingerprint density at radius 1 is 1.37 bits per heavy atom. The predicted molar refractivity (Wildman–Crippen MR) is 81.4 cm³/mol. The number of thioether (sulfide) groups is 1. The lowest BCUT2D eigenvalue weighted by molar-refractivity contribution is 0.295. The van der Waals surface area contributed by atoms with Crippen molar-refractivity contribution in [3.63, 3.8) is 0 Å². The fourth-order valence-corrected chi connectivity index (χ4v) is 4.10. The third-order valence-corrected chi connectivity index (χ3v) is 5.27. The second-order valence-corrected chi connectivity index (χ2v) is 6.61. The summed E-state index contributed by atoms with van der Waals surface area (Å²) >= 11 is 1.93. The molecule has 0 amide bonds. The van der Waals surface area contributed by atoms with E-state index in [1.165, 1.54) is 32.1 Å². The monoisotopic (exact) mass is 279 g/mol. The highest BCUT2D eigenvalue weighted by Gasteiger charge is 2.30. The summed E-state index contributed by atoms with van der Waals surface area (Å²) in [7, 11) is 0. The van der Waals surface area contributed by atoms with Gasteiger partial charge in [-0.1, -0.05) is 20.3 Å². The molecule has 0 aromatic carbocycles. The van der Waals surface area contributed by atoms with Crippen LogP contribution in [0.2, 0.25) is 0 Å². The molecule has 1 fully saturated rings. The van der Waals surface area contributed by atoms with Gasteiger partial charge < -0.3 is 5.32 Å². The van der Waals surface area contributed by atoms with Crippen LogP contribution in [0.15, 0.2) is 23.6 Å². The first-order chi connectivity index (χ1) is 9.33. The SMILES string of the molecule is CCCNC1CCC(CC)CC1Sc1ccncn1. The van der Waals surface area contributed by atoms with E-state index in [-0.39, 0.29) is 0 Å². The Labute approximate surface area is 121 Å². The number of rotatable bonds is 6. The molecule has 3 atom stereocenters. The van der Waals surface area contributed by atoms with Crippen LogP contribution >= 0.6 is 11.8 Å². The average molecular weight is 279 g/mol. The van der Waals surface area contributed by atoms with Crippen molar-refractivity contribution in [1.29, 1.82) is 0 Å². The largest absolute Gasteiger partial charge is 0.313 e. The Morgan fingerprint density at radius 2 is 2.26 bits per heavy atom. The fraction of sp³-hybridized carbons (Fsp3) is 0.733. The standard InChI is InChI=1S/C15H25N3S/c1-3-8-17-13-6-5-12(4-2)10-14(13)19-15-7-9-16-11-18-15/h7,9,11-14,17H,3-6,8,10H2,1-2H3. The maximum atomic E-state index is 4.36. The highest BCUT2D eigenvalue weighted by atomic mass is 32.2. The number of hydrogen-bond donors (Lipinski definition) is 1. The van der Waals surface area contributed by atoms with E-state index in [0.717, 1.165) is 17.5 Å². The molecule has 0 bridgehead atoms. The average Bonchev–Trinajstić information content (AvgIpc) is 2.47. The fourth-order valence-electron chi connectivity index (χ4n) is 2.78. The predicted octanol–water partition coefficient (Wildman–Crippen LogP) is 3.52. The second-order valence-electron chi connectivity index (χ2n) is 5.35. The van der Waals surface area contributed by atoms with Crippen LogP contribution in [0.25, 0.3) is 0 Å². The maximum Gasteiger partial charge on any atom is 0.116 e. The molecule has 3 nitrogen and oxygen atoms in total. The van der Waals surface area contributed by atoms with Crippen LogP contribution in [0.3, 0.4) is 0 Å². The molecule has 4 heteroatoms. The van der Waals surface area contributed by atoms with Gasteiger partial charge in [0.2, 0.25) is 0 Å². The second kappa shape index (κ2) is 7.85. The van der Waals surface area contributed by atoms with Gasteiger partial charge in [-0.05, 0) is 44.2 Å². The van der Waals surface area contributed by atoms with Crippen LogP contribution in [0.4, 0.5) is 0 Å². The van der Waals surface area contributed by atoms with Gasteiger partial charge in [0.15, 0.2) is 0 Å². The van der Waals surface area contributed by atoms with Crippen molar-refractivity contribution in [2.45, 2.75) is 62.3 Å². The summed E-state index contributed by atoms with van der Waals surface area (Å²) in [5, 5.41) is 5.49. The molecule has 106 valence electrons. The molecule has 0 saturated heterocycles. The Bertz CT molecular complexity index is 358. The summed E-state index contributed by atoms with van der Waals surface area (Å²) in [4.78, 5) is 8.36. The molecular weight excluding hydrogens is 254 g/mol. The zero-order valence-corrected chi connectivity index (χ0v) is 12.8. The Kier molecular flexibility index (Phi) is 6.11. The summed E-state index contributed by atoms with van der Waals surface area (Å²) in [5.41, 5.74) is 0. The van der Waals surface area contributed by atoms with Gasteiger partial charge in [-0.15, -0.1) is 11.8 Å². The minimum atomic E-state index is 0.641. The summed E-state index contributed by atoms with van der Waals surface area (Å²) in [6, 6.07) is 2.67. The minimum absolute atomic E-state index is 0.641. The van der Waals surface area contributed by atoms with Crippen LogP contribution in [-0.4, -0.2) is 27.8 Å². The van der Waals surface area contributed by atoms with Crippen molar-refractivity contribution < 1.29 is 0 Å². The van der Waals surface area contributed by atoms with E-state index < -0.39 is 0 Å². The number of hydrogen-bond acceptors (Lipinski definition) is 4. The molecule has 1 aromatic rings. The zero-order valence-electron chi connectivity index (χ0n) is 12.0. The summed E-state index contributed by atoms with van der Waals surface area (Å²) in [5.74, 6) is 0.888. The molecule has 1 aromatic heterocycles. The summed E-state index contributed by atoms with van der Waals surface area (Å²) in [6.07, 6.45) is 9.99. The number of nitrogens with one attached hydrogen (secondary N) is 1. The highest BCUT2D eigenvalue weighted by Crippen LogP contribution is 2.36. The molecule has 0 aliphatic heterocycles. The summed E-state index contributed by atoms with van der Waals surface area (Å²) < 4.78 is 0. The van der Waals surface area contributed by atoms with E-state index in [4.69, 9.17) is 0 Å². The Balaban J connectivity index is 1.98. The van der Waals surface area contributed by atoms with Crippen LogP contribution < -0.4 is 5.32 Å². The number of nitrogens with zero attached hydrogens (tertiary/aromatic N) is 2. The molecular formula is C15H25N3S. The summed E-state index contributed by atoms with van der Waals surface area (Å²) in [6.45, 7) is 5.68. The van der Waals surface area contributed by atoms with Gasteiger partial charge >= 0.3 is 0 Å². The van der Waals surface area contributed by atoms with Crippen molar-refractivity contribution in [3.05, 3.63) is 18.6 Å².